The summed E-state index contributed by atoms with van der Waals surface area (Å²) in [4.78, 5) is 12.7. The van der Waals surface area contributed by atoms with Crippen molar-refractivity contribution in [2.45, 2.75) is 19.8 Å². The van der Waals surface area contributed by atoms with Crippen LogP contribution in [0.1, 0.15) is 19.8 Å². The van der Waals surface area contributed by atoms with Gasteiger partial charge in [0.2, 0.25) is 5.91 Å². The van der Waals surface area contributed by atoms with Crippen LogP contribution in [-0.4, -0.2) is 30.4 Å². The van der Waals surface area contributed by atoms with Crippen molar-refractivity contribution in [2.75, 3.05) is 19.6 Å². The Bertz CT molecular complexity index is 199. The van der Waals surface area contributed by atoms with Crippen LogP contribution < -0.4 is 5.73 Å². The minimum Gasteiger partial charge on any atom is -0.369 e. The minimum atomic E-state index is -0.233. The lowest BCUT2D eigenvalue weighted by atomic mass is 10.2. The third kappa shape index (κ3) is 3.05. The average Bonchev–Trinajstić information content (AvgIpc) is 2.15. The second-order valence-corrected chi connectivity index (χ2v) is 3.36. The second kappa shape index (κ2) is 4.26. The molecule has 0 atom stereocenters. The van der Waals surface area contributed by atoms with Crippen molar-refractivity contribution in [3.05, 3.63) is 11.6 Å². The molecule has 0 bridgehead atoms. The number of nitrogens with zero attached hydrogens (tertiary/aromatic N) is 1. The predicted octanol–water partition coefficient (Wildman–Crippen LogP) is 0.514. The first-order valence-corrected chi connectivity index (χ1v) is 4.35. The van der Waals surface area contributed by atoms with Crippen molar-refractivity contribution >= 4 is 5.91 Å². The molecule has 68 valence electrons. The van der Waals surface area contributed by atoms with Gasteiger partial charge in [0, 0.05) is 6.54 Å². The number of hydrogen-bond acceptors (Lipinski definition) is 2. The molecule has 2 N–H and O–H groups in total. The van der Waals surface area contributed by atoms with Gasteiger partial charge in [-0.1, -0.05) is 11.6 Å². The van der Waals surface area contributed by atoms with E-state index in [9.17, 15) is 4.79 Å². The van der Waals surface area contributed by atoms with Crippen LogP contribution in [0.15, 0.2) is 11.6 Å². The molecule has 0 saturated heterocycles. The van der Waals surface area contributed by atoms with E-state index >= 15 is 0 Å². The SMILES string of the molecule is CC1=CCN(CC(N)=O)CCC1. The highest BCUT2D eigenvalue weighted by Crippen LogP contribution is 2.09. The number of carbonyl (C=O) groups is 1. The van der Waals surface area contributed by atoms with Crippen LogP contribution in [0.2, 0.25) is 0 Å². The molecular formula is C9H16N2O. The number of nitrogens with two attached hydrogens (primary N) is 1. The Labute approximate surface area is 73.2 Å². The third-order valence-corrected chi connectivity index (χ3v) is 2.12. The Morgan fingerprint density at radius 2 is 2.50 bits per heavy atom. The lowest BCUT2D eigenvalue weighted by Crippen LogP contribution is -2.34. The summed E-state index contributed by atoms with van der Waals surface area (Å²) in [5.41, 5.74) is 6.53. The molecule has 1 rings (SSSR count). The van der Waals surface area contributed by atoms with E-state index in [0.29, 0.717) is 6.54 Å². The highest BCUT2D eigenvalue weighted by atomic mass is 16.1. The number of allylic oxidation sites excluding steroid dienone is 1. The maximum Gasteiger partial charge on any atom is 0.231 e. The highest BCUT2D eigenvalue weighted by Gasteiger charge is 2.09. The van der Waals surface area contributed by atoms with Crippen molar-refractivity contribution in [3.63, 3.8) is 0 Å². The molecule has 0 radical (unpaired) electrons. The highest BCUT2D eigenvalue weighted by molar-refractivity contribution is 5.75. The number of hydrogen-bond donors (Lipinski definition) is 1. The molecule has 1 heterocycles. The third-order valence-electron chi connectivity index (χ3n) is 2.12. The monoisotopic (exact) mass is 168 g/mol. The Balaban J connectivity index is 2.41. The van der Waals surface area contributed by atoms with Gasteiger partial charge in [-0.25, -0.2) is 0 Å². The fourth-order valence-corrected chi connectivity index (χ4v) is 1.42. The molecule has 0 unspecified atom stereocenters. The predicted molar refractivity (Wildman–Crippen MR) is 48.6 cm³/mol. The number of amides is 1. The maximum absolute atomic E-state index is 10.6. The van der Waals surface area contributed by atoms with E-state index in [1.807, 2.05) is 0 Å². The molecule has 0 saturated carbocycles. The summed E-state index contributed by atoms with van der Waals surface area (Å²) in [6.07, 6.45) is 4.46. The standard InChI is InChI=1S/C9H16N2O/c1-8-3-2-5-11(6-4-8)7-9(10)12/h4H,2-3,5-7H2,1H3,(H2,10,12). The molecule has 0 aromatic heterocycles. The van der Waals surface area contributed by atoms with E-state index in [-0.39, 0.29) is 5.91 Å². The summed E-state index contributed by atoms with van der Waals surface area (Å²) in [6.45, 7) is 4.38. The fourth-order valence-electron chi connectivity index (χ4n) is 1.42. The Morgan fingerprint density at radius 3 is 3.17 bits per heavy atom. The largest absolute Gasteiger partial charge is 0.369 e. The van der Waals surface area contributed by atoms with E-state index in [2.05, 4.69) is 17.9 Å². The van der Waals surface area contributed by atoms with Crippen LogP contribution >= 0.6 is 0 Å². The summed E-state index contributed by atoms with van der Waals surface area (Å²) >= 11 is 0. The normalized spacial score (nSPS) is 19.9. The molecule has 0 aromatic carbocycles. The zero-order valence-electron chi connectivity index (χ0n) is 7.55. The van der Waals surface area contributed by atoms with Crippen LogP contribution in [0.5, 0.6) is 0 Å². The summed E-state index contributed by atoms with van der Waals surface area (Å²) in [5.74, 6) is -0.233. The molecular weight excluding hydrogens is 152 g/mol. The second-order valence-electron chi connectivity index (χ2n) is 3.36. The molecule has 1 amide bonds. The summed E-state index contributed by atoms with van der Waals surface area (Å²) in [7, 11) is 0. The lowest BCUT2D eigenvalue weighted by molar-refractivity contribution is -0.119. The van der Waals surface area contributed by atoms with Crippen molar-refractivity contribution in [1.29, 1.82) is 0 Å². The van der Waals surface area contributed by atoms with Crippen molar-refractivity contribution in [2.24, 2.45) is 5.73 Å². The Morgan fingerprint density at radius 1 is 1.75 bits per heavy atom. The van der Waals surface area contributed by atoms with Crippen LogP contribution in [0.25, 0.3) is 0 Å². The fraction of sp³-hybridized carbons (Fsp3) is 0.667. The summed E-state index contributed by atoms with van der Waals surface area (Å²) in [5, 5.41) is 0. The minimum absolute atomic E-state index is 0.233. The van der Waals surface area contributed by atoms with Crippen molar-refractivity contribution in [1.82, 2.24) is 4.90 Å². The molecule has 12 heavy (non-hydrogen) atoms. The van der Waals surface area contributed by atoms with Crippen LogP contribution in [-0.2, 0) is 4.79 Å². The quantitative estimate of drug-likeness (QED) is 0.611. The maximum atomic E-state index is 10.6. The van der Waals surface area contributed by atoms with Crippen LogP contribution in [0.4, 0.5) is 0 Å². The molecule has 1 aliphatic heterocycles. The lowest BCUT2D eigenvalue weighted by Gasteiger charge is -2.15. The molecule has 0 aliphatic carbocycles. The molecule has 0 spiro atoms. The zero-order chi connectivity index (χ0) is 8.97. The van der Waals surface area contributed by atoms with Gasteiger partial charge >= 0.3 is 0 Å². The van der Waals surface area contributed by atoms with E-state index < -0.39 is 0 Å². The number of rotatable bonds is 2. The number of primary amides is 1. The van der Waals surface area contributed by atoms with E-state index in [1.165, 1.54) is 5.57 Å². The van der Waals surface area contributed by atoms with Gasteiger partial charge in [0.1, 0.15) is 0 Å². The van der Waals surface area contributed by atoms with Gasteiger partial charge in [-0.2, -0.15) is 0 Å². The molecule has 1 aliphatic rings. The van der Waals surface area contributed by atoms with E-state index in [1.54, 1.807) is 0 Å². The van der Waals surface area contributed by atoms with Crippen molar-refractivity contribution in [3.8, 4) is 0 Å². The summed E-state index contributed by atoms with van der Waals surface area (Å²) < 4.78 is 0. The van der Waals surface area contributed by atoms with Gasteiger partial charge in [-0.15, -0.1) is 0 Å². The van der Waals surface area contributed by atoms with E-state index in [4.69, 9.17) is 5.73 Å². The topological polar surface area (TPSA) is 46.3 Å². The molecule has 3 heteroatoms. The summed E-state index contributed by atoms with van der Waals surface area (Å²) in [6, 6.07) is 0. The molecule has 3 nitrogen and oxygen atoms in total. The first-order valence-electron chi connectivity index (χ1n) is 4.35. The smallest absolute Gasteiger partial charge is 0.231 e. The van der Waals surface area contributed by atoms with Gasteiger partial charge in [0.25, 0.3) is 0 Å². The van der Waals surface area contributed by atoms with Crippen molar-refractivity contribution < 1.29 is 4.79 Å². The number of carbonyl (C=O) groups excluding carboxylic acids is 1. The van der Waals surface area contributed by atoms with E-state index in [0.717, 1.165) is 25.9 Å². The average molecular weight is 168 g/mol. The Hall–Kier alpha value is -0.830. The van der Waals surface area contributed by atoms with Gasteiger partial charge in [0.15, 0.2) is 0 Å². The van der Waals surface area contributed by atoms with Gasteiger partial charge in [-0.3, -0.25) is 9.69 Å². The first kappa shape index (κ1) is 9.26. The van der Waals surface area contributed by atoms with Crippen LogP contribution in [0.3, 0.4) is 0 Å². The molecule has 0 aromatic rings. The van der Waals surface area contributed by atoms with Gasteiger partial charge in [0.05, 0.1) is 6.54 Å². The van der Waals surface area contributed by atoms with Crippen LogP contribution in [0, 0.1) is 0 Å². The Kier molecular flexibility index (Phi) is 3.29. The molecule has 0 fully saturated rings. The zero-order valence-corrected chi connectivity index (χ0v) is 7.55. The van der Waals surface area contributed by atoms with Gasteiger partial charge < -0.3 is 5.73 Å². The van der Waals surface area contributed by atoms with Gasteiger partial charge in [-0.05, 0) is 26.3 Å². The first-order chi connectivity index (χ1) is 5.68.